The van der Waals surface area contributed by atoms with Crippen molar-refractivity contribution in [1.29, 1.82) is 5.26 Å². The molecular formula is C20H19NO5. The lowest BCUT2D eigenvalue weighted by molar-refractivity contribution is -0.210. The Morgan fingerprint density at radius 1 is 1.08 bits per heavy atom. The number of esters is 1. The fraction of sp³-hybridized carbons (Fsp3) is 0.300. The van der Waals surface area contributed by atoms with Crippen LogP contribution >= 0.6 is 0 Å². The third-order valence-corrected chi connectivity index (χ3v) is 3.90. The molecule has 0 radical (unpaired) electrons. The zero-order valence-electron chi connectivity index (χ0n) is 14.4. The summed E-state index contributed by atoms with van der Waals surface area (Å²) in [6.45, 7) is 2.97. The number of rotatable bonds is 5. The number of benzene rings is 2. The topological polar surface area (TPSA) is 77.8 Å². The maximum Gasteiger partial charge on any atom is 0.319 e. The lowest BCUT2D eigenvalue weighted by Gasteiger charge is -2.28. The minimum atomic E-state index is -0.510. The minimum absolute atomic E-state index is 0.215. The van der Waals surface area contributed by atoms with E-state index in [9.17, 15) is 4.79 Å². The molecule has 6 heteroatoms. The number of ether oxygens (including phenoxy) is 4. The second-order valence-corrected chi connectivity index (χ2v) is 5.75. The minimum Gasteiger partial charge on any atom is -0.494 e. The van der Waals surface area contributed by atoms with Gasteiger partial charge in [0.2, 0.25) is 0 Å². The SMILES string of the molecule is CCOc1ccc(C2OCC(C(=O)Oc3ccc(C#N)cc3)CO2)cc1. The van der Waals surface area contributed by atoms with E-state index < -0.39 is 18.2 Å². The molecule has 1 heterocycles. The largest absolute Gasteiger partial charge is 0.494 e. The van der Waals surface area contributed by atoms with Crippen LogP contribution in [0.4, 0.5) is 0 Å². The van der Waals surface area contributed by atoms with Gasteiger partial charge in [0.05, 0.1) is 31.5 Å². The number of nitriles is 1. The van der Waals surface area contributed by atoms with Gasteiger partial charge in [0, 0.05) is 5.56 Å². The Bertz CT molecular complexity index is 771. The molecule has 0 unspecified atom stereocenters. The molecule has 2 aromatic carbocycles. The first-order valence-corrected chi connectivity index (χ1v) is 8.37. The first-order chi connectivity index (χ1) is 12.7. The van der Waals surface area contributed by atoms with Crippen molar-refractivity contribution < 1.29 is 23.7 Å². The van der Waals surface area contributed by atoms with Gasteiger partial charge in [-0.1, -0.05) is 12.1 Å². The normalized spacial score (nSPS) is 19.4. The quantitative estimate of drug-likeness (QED) is 0.607. The van der Waals surface area contributed by atoms with Gasteiger partial charge in [0.15, 0.2) is 6.29 Å². The highest BCUT2D eigenvalue weighted by Gasteiger charge is 2.30. The first-order valence-electron chi connectivity index (χ1n) is 8.37. The van der Waals surface area contributed by atoms with Gasteiger partial charge in [0.1, 0.15) is 17.4 Å². The van der Waals surface area contributed by atoms with Crippen LogP contribution in [0.5, 0.6) is 11.5 Å². The Labute approximate surface area is 151 Å². The summed E-state index contributed by atoms with van der Waals surface area (Å²) in [5.41, 5.74) is 1.37. The van der Waals surface area contributed by atoms with Crippen LogP contribution in [0.3, 0.4) is 0 Å². The average molecular weight is 353 g/mol. The number of carbonyl (C=O) groups excluding carboxylic acids is 1. The highest BCUT2D eigenvalue weighted by Crippen LogP contribution is 2.27. The van der Waals surface area contributed by atoms with E-state index >= 15 is 0 Å². The Kier molecular flexibility index (Phi) is 5.84. The summed E-state index contributed by atoms with van der Waals surface area (Å²) < 4.78 is 22.0. The number of hydrogen-bond donors (Lipinski definition) is 0. The fourth-order valence-corrected chi connectivity index (χ4v) is 2.52. The van der Waals surface area contributed by atoms with Crippen molar-refractivity contribution in [1.82, 2.24) is 0 Å². The van der Waals surface area contributed by atoms with Crippen molar-refractivity contribution in [2.45, 2.75) is 13.2 Å². The number of hydrogen-bond acceptors (Lipinski definition) is 6. The van der Waals surface area contributed by atoms with E-state index in [1.54, 1.807) is 24.3 Å². The summed E-state index contributed by atoms with van der Waals surface area (Å²) in [4.78, 5) is 12.2. The van der Waals surface area contributed by atoms with Crippen molar-refractivity contribution in [2.75, 3.05) is 19.8 Å². The van der Waals surface area contributed by atoms with Crippen molar-refractivity contribution in [2.24, 2.45) is 5.92 Å². The fourth-order valence-electron chi connectivity index (χ4n) is 2.52. The maximum atomic E-state index is 12.2. The molecule has 0 amide bonds. The van der Waals surface area contributed by atoms with E-state index in [0.717, 1.165) is 11.3 Å². The molecule has 0 spiro atoms. The Morgan fingerprint density at radius 3 is 2.27 bits per heavy atom. The van der Waals surface area contributed by atoms with Gasteiger partial charge in [-0.3, -0.25) is 4.79 Å². The predicted molar refractivity (Wildman–Crippen MR) is 92.5 cm³/mol. The lowest BCUT2D eigenvalue weighted by atomic mass is 10.1. The molecule has 0 bridgehead atoms. The van der Waals surface area contributed by atoms with Crippen LogP contribution in [0.25, 0.3) is 0 Å². The van der Waals surface area contributed by atoms with Crippen LogP contribution in [0.1, 0.15) is 24.3 Å². The predicted octanol–water partition coefficient (Wildman–Crippen LogP) is 3.22. The summed E-state index contributed by atoms with van der Waals surface area (Å²) in [6, 6.07) is 15.9. The smallest absolute Gasteiger partial charge is 0.319 e. The van der Waals surface area contributed by atoms with Gasteiger partial charge in [-0.25, -0.2) is 0 Å². The van der Waals surface area contributed by atoms with Gasteiger partial charge in [-0.2, -0.15) is 5.26 Å². The zero-order valence-corrected chi connectivity index (χ0v) is 14.4. The van der Waals surface area contributed by atoms with E-state index in [1.165, 1.54) is 0 Å². The van der Waals surface area contributed by atoms with Gasteiger partial charge < -0.3 is 18.9 Å². The Morgan fingerprint density at radius 2 is 1.69 bits per heavy atom. The third-order valence-electron chi connectivity index (χ3n) is 3.90. The standard InChI is InChI=1S/C20H19NO5/c1-2-23-17-9-5-15(6-10-17)20-24-12-16(13-25-20)19(22)26-18-7-3-14(11-21)4-8-18/h3-10,16,20H,2,12-13H2,1H3. The van der Waals surface area contributed by atoms with E-state index in [0.29, 0.717) is 17.9 Å². The van der Waals surface area contributed by atoms with Gasteiger partial charge in [-0.05, 0) is 43.3 Å². The zero-order chi connectivity index (χ0) is 18.4. The van der Waals surface area contributed by atoms with Gasteiger partial charge >= 0.3 is 5.97 Å². The monoisotopic (exact) mass is 353 g/mol. The molecule has 134 valence electrons. The molecule has 1 fully saturated rings. The summed E-state index contributed by atoms with van der Waals surface area (Å²) in [5.74, 6) is 0.267. The molecule has 2 aromatic rings. The molecular weight excluding hydrogens is 334 g/mol. The average Bonchev–Trinajstić information content (AvgIpc) is 2.69. The van der Waals surface area contributed by atoms with Crippen LogP contribution < -0.4 is 9.47 Å². The maximum absolute atomic E-state index is 12.2. The van der Waals surface area contributed by atoms with E-state index in [2.05, 4.69) is 0 Å². The molecule has 0 N–H and O–H groups in total. The number of nitrogens with zero attached hydrogens (tertiary/aromatic N) is 1. The third kappa shape index (κ3) is 4.39. The van der Waals surface area contributed by atoms with E-state index in [-0.39, 0.29) is 13.2 Å². The van der Waals surface area contributed by atoms with Gasteiger partial charge in [0.25, 0.3) is 0 Å². The molecule has 1 aliphatic heterocycles. The van der Waals surface area contributed by atoms with Crippen LogP contribution in [0.2, 0.25) is 0 Å². The molecule has 3 rings (SSSR count). The van der Waals surface area contributed by atoms with Crippen LogP contribution in [0.15, 0.2) is 48.5 Å². The Balaban J connectivity index is 1.52. The lowest BCUT2D eigenvalue weighted by Crippen LogP contribution is -2.35. The Hall–Kier alpha value is -2.88. The number of carbonyl (C=O) groups is 1. The molecule has 0 atom stereocenters. The molecule has 26 heavy (non-hydrogen) atoms. The summed E-state index contributed by atoms with van der Waals surface area (Å²) in [5, 5.41) is 8.78. The van der Waals surface area contributed by atoms with Crippen LogP contribution in [-0.2, 0) is 14.3 Å². The highest BCUT2D eigenvalue weighted by molar-refractivity contribution is 5.75. The molecule has 1 aliphatic rings. The molecule has 0 saturated carbocycles. The van der Waals surface area contributed by atoms with Crippen molar-refractivity contribution >= 4 is 5.97 Å². The van der Waals surface area contributed by atoms with Crippen molar-refractivity contribution in [3.63, 3.8) is 0 Å². The highest BCUT2D eigenvalue weighted by atomic mass is 16.7. The first kappa shape index (κ1) is 17.9. The summed E-state index contributed by atoms with van der Waals surface area (Å²) in [6.07, 6.45) is -0.510. The van der Waals surface area contributed by atoms with E-state index in [1.807, 2.05) is 37.3 Å². The van der Waals surface area contributed by atoms with Gasteiger partial charge in [-0.15, -0.1) is 0 Å². The van der Waals surface area contributed by atoms with Crippen LogP contribution in [0, 0.1) is 17.2 Å². The van der Waals surface area contributed by atoms with Crippen molar-refractivity contribution in [3.8, 4) is 17.6 Å². The summed E-state index contributed by atoms with van der Waals surface area (Å²) in [7, 11) is 0. The second kappa shape index (κ2) is 8.48. The van der Waals surface area contributed by atoms with Crippen LogP contribution in [-0.4, -0.2) is 25.8 Å². The van der Waals surface area contributed by atoms with E-state index in [4.69, 9.17) is 24.2 Å². The molecule has 6 nitrogen and oxygen atoms in total. The van der Waals surface area contributed by atoms with Crippen molar-refractivity contribution in [3.05, 3.63) is 59.7 Å². The second-order valence-electron chi connectivity index (χ2n) is 5.75. The molecule has 0 aliphatic carbocycles. The summed E-state index contributed by atoms with van der Waals surface area (Å²) >= 11 is 0. The molecule has 0 aromatic heterocycles. The molecule has 1 saturated heterocycles.